The number of hydrogen-bond donors (Lipinski definition) is 1. The van der Waals surface area contributed by atoms with Crippen molar-refractivity contribution >= 4 is 11.9 Å². The average molecular weight is 253 g/mol. The van der Waals surface area contributed by atoms with E-state index < -0.39 is 12.0 Å². The lowest BCUT2D eigenvalue weighted by Gasteiger charge is -2.32. The number of carboxylic acid groups (broad SMARTS) is 1. The van der Waals surface area contributed by atoms with Gasteiger partial charge in [-0.2, -0.15) is 0 Å². The lowest BCUT2D eigenvalue weighted by atomic mass is 10.0. The van der Waals surface area contributed by atoms with Gasteiger partial charge in [0, 0.05) is 13.0 Å². The molecule has 1 aromatic heterocycles. The third kappa shape index (κ3) is 2.82. The van der Waals surface area contributed by atoms with Crippen molar-refractivity contribution in [3.05, 3.63) is 6.33 Å². The number of piperidine rings is 1. The topological polar surface area (TPSA) is 101 Å². The summed E-state index contributed by atoms with van der Waals surface area (Å²) in [6.07, 6.45) is 3.90. The minimum absolute atomic E-state index is 0.155. The zero-order chi connectivity index (χ0) is 13.0. The first kappa shape index (κ1) is 12.5. The van der Waals surface area contributed by atoms with Gasteiger partial charge >= 0.3 is 5.97 Å². The van der Waals surface area contributed by atoms with Crippen molar-refractivity contribution in [3.8, 4) is 0 Å². The number of aromatic nitrogens is 4. The molecule has 1 aliphatic rings. The number of amides is 1. The maximum absolute atomic E-state index is 12.0. The summed E-state index contributed by atoms with van der Waals surface area (Å²) in [5.41, 5.74) is 0. The number of tetrazole rings is 1. The predicted molar refractivity (Wildman–Crippen MR) is 59.4 cm³/mol. The predicted octanol–water partition coefficient (Wildman–Crippen LogP) is -0.471. The van der Waals surface area contributed by atoms with Gasteiger partial charge in [-0.25, -0.2) is 9.48 Å². The molecule has 1 aromatic rings. The molecule has 2 rings (SSSR count). The Labute approximate surface area is 104 Å². The van der Waals surface area contributed by atoms with Gasteiger partial charge in [-0.1, -0.05) is 0 Å². The van der Waals surface area contributed by atoms with Crippen molar-refractivity contribution in [3.63, 3.8) is 0 Å². The molecule has 1 aliphatic heterocycles. The maximum Gasteiger partial charge on any atom is 0.326 e. The van der Waals surface area contributed by atoms with Crippen molar-refractivity contribution in [2.45, 2.75) is 38.3 Å². The monoisotopic (exact) mass is 253 g/mol. The first-order chi connectivity index (χ1) is 8.68. The molecule has 18 heavy (non-hydrogen) atoms. The Morgan fingerprint density at radius 3 is 2.89 bits per heavy atom. The number of nitrogens with zero attached hydrogens (tertiary/aromatic N) is 5. The second-order valence-electron chi connectivity index (χ2n) is 4.26. The summed E-state index contributed by atoms with van der Waals surface area (Å²) in [5, 5.41) is 19.7. The van der Waals surface area contributed by atoms with E-state index in [-0.39, 0.29) is 12.3 Å². The fourth-order valence-corrected chi connectivity index (χ4v) is 2.12. The van der Waals surface area contributed by atoms with Gasteiger partial charge in [-0.05, 0) is 29.7 Å². The van der Waals surface area contributed by atoms with Crippen LogP contribution in [0.25, 0.3) is 0 Å². The molecule has 0 saturated carbocycles. The highest BCUT2D eigenvalue weighted by Crippen LogP contribution is 2.18. The van der Waals surface area contributed by atoms with Crippen molar-refractivity contribution in [2.24, 2.45) is 0 Å². The van der Waals surface area contributed by atoms with Crippen LogP contribution in [0.15, 0.2) is 6.33 Å². The van der Waals surface area contributed by atoms with Crippen molar-refractivity contribution in [1.82, 2.24) is 25.1 Å². The zero-order valence-electron chi connectivity index (χ0n) is 9.90. The Kier molecular flexibility index (Phi) is 3.85. The molecule has 1 N–H and O–H groups in total. The molecular weight excluding hydrogens is 238 g/mol. The summed E-state index contributed by atoms with van der Waals surface area (Å²) in [7, 11) is 0. The van der Waals surface area contributed by atoms with E-state index in [0.29, 0.717) is 19.5 Å². The highest BCUT2D eigenvalue weighted by atomic mass is 16.4. The molecule has 0 radical (unpaired) electrons. The Hall–Kier alpha value is -1.99. The van der Waals surface area contributed by atoms with Crippen LogP contribution in [0.4, 0.5) is 0 Å². The first-order valence-corrected chi connectivity index (χ1v) is 5.91. The number of hydrogen-bond acceptors (Lipinski definition) is 5. The minimum atomic E-state index is -0.925. The van der Waals surface area contributed by atoms with Crippen LogP contribution in [0.1, 0.15) is 25.7 Å². The molecule has 98 valence electrons. The van der Waals surface area contributed by atoms with Crippen molar-refractivity contribution < 1.29 is 14.7 Å². The second kappa shape index (κ2) is 5.56. The summed E-state index contributed by atoms with van der Waals surface area (Å²) >= 11 is 0. The second-order valence-corrected chi connectivity index (χ2v) is 4.26. The van der Waals surface area contributed by atoms with Crippen LogP contribution < -0.4 is 0 Å². The first-order valence-electron chi connectivity index (χ1n) is 5.91. The lowest BCUT2D eigenvalue weighted by molar-refractivity contribution is -0.152. The molecule has 8 nitrogen and oxygen atoms in total. The van der Waals surface area contributed by atoms with E-state index in [0.717, 1.165) is 12.8 Å². The van der Waals surface area contributed by atoms with Gasteiger partial charge in [0.1, 0.15) is 12.4 Å². The van der Waals surface area contributed by atoms with Crippen LogP contribution in [0.2, 0.25) is 0 Å². The molecule has 1 fully saturated rings. The largest absolute Gasteiger partial charge is 0.480 e. The number of carbonyl (C=O) groups is 2. The van der Waals surface area contributed by atoms with E-state index in [9.17, 15) is 9.59 Å². The molecule has 0 aliphatic carbocycles. The van der Waals surface area contributed by atoms with E-state index in [2.05, 4.69) is 15.5 Å². The van der Waals surface area contributed by atoms with Gasteiger partial charge < -0.3 is 10.0 Å². The van der Waals surface area contributed by atoms with E-state index >= 15 is 0 Å². The fourth-order valence-electron chi connectivity index (χ4n) is 2.12. The lowest BCUT2D eigenvalue weighted by Crippen LogP contribution is -2.48. The molecule has 0 spiro atoms. The molecule has 1 unspecified atom stereocenters. The van der Waals surface area contributed by atoms with Crippen LogP contribution in [-0.2, 0) is 16.1 Å². The Morgan fingerprint density at radius 2 is 2.22 bits per heavy atom. The van der Waals surface area contributed by atoms with E-state index in [1.54, 1.807) is 0 Å². The van der Waals surface area contributed by atoms with Gasteiger partial charge in [0.05, 0.1) is 6.54 Å². The standard InChI is InChI=1S/C10H15N5O3/c16-9(4-6-14-7-11-12-13-14)15-5-2-1-3-8(15)10(17)18/h7-8H,1-6H2,(H,17,18). The molecule has 0 bridgehead atoms. The number of likely N-dealkylation sites (tertiary alicyclic amines) is 1. The average Bonchev–Trinajstić information content (AvgIpc) is 2.89. The number of aryl methyl sites for hydroxylation is 1. The third-order valence-electron chi connectivity index (χ3n) is 3.05. The number of carbonyl (C=O) groups excluding carboxylic acids is 1. The van der Waals surface area contributed by atoms with Gasteiger partial charge in [0.25, 0.3) is 0 Å². The Morgan fingerprint density at radius 1 is 1.39 bits per heavy atom. The minimum Gasteiger partial charge on any atom is -0.480 e. The number of rotatable bonds is 4. The van der Waals surface area contributed by atoms with Crippen LogP contribution >= 0.6 is 0 Å². The highest BCUT2D eigenvalue weighted by Gasteiger charge is 2.31. The van der Waals surface area contributed by atoms with Crippen molar-refractivity contribution in [2.75, 3.05) is 6.54 Å². The van der Waals surface area contributed by atoms with Crippen LogP contribution in [-0.4, -0.2) is 54.7 Å². The van der Waals surface area contributed by atoms with Crippen LogP contribution in [0, 0.1) is 0 Å². The number of aliphatic carboxylic acids is 1. The van der Waals surface area contributed by atoms with Gasteiger partial charge in [0.2, 0.25) is 5.91 Å². The van der Waals surface area contributed by atoms with Gasteiger partial charge in [-0.3, -0.25) is 4.79 Å². The Balaban J connectivity index is 1.92. The van der Waals surface area contributed by atoms with Gasteiger partial charge in [0.15, 0.2) is 0 Å². The molecule has 1 atom stereocenters. The SMILES string of the molecule is O=C(O)C1CCCCN1C(=O)CCn1cnnn1. The number of carboxylic acids is 1. The normalized spacial score (nSPS) is 19.8. The van der Waals surface area contributed by atoms with Crippen molar-refractivity contribution in [1.29, 1.82) is 0 Å². The summed E-state index contributed by atoms with van der Waals surface area (Å²) in [6, 6.07) is -0.680. The summed E-state index contributed by atoms with van der Waals surface area (Å²) in [4.78, 5) is 24.5. The smallest absolute Gasteiger partial charge is 0.326 e. The Bertz CT molecular complexity index is 419. The molecule has 2 heterocycles. The van der Waals surface area contributed by atoms with E-state index in [1.807, 2.05) is 0 Å². The fraction of sp³-hybridized carbons (Fsp3) is 0.700. The third-order valence-corrected chi connectivity index (χ3v) is 3.05. The van der Waals surface area contributed by atoms with Crippen LogP contribution in [0.5, 0.6) is 0 Å². The summed E-state index contributed by atoms with van der Waals surface area (Å²) in [5.74, 6) is -1.08. The zero-order valence-corrected chi connectivity index (χ0v) is 9.90. The van der Waals surface area contributed by atoms with Crippen LogP contribution in [0.3, 0.4) is 0 Å². The maximum atomic E-state index is 12.0. The van der Waals surface area contributed by atoms with Gasteiger partial charge in [-0.15, -0.1) is 5.10 Å². The summed E-state index contributed by atoms with van der Waals surface area (Å²) < 4.78 is 1.46. The van der Waals surface area contributed by atoms with E-state index in [4.69, 9.17) is 5.11 Å². The van der Waals surface area contributed by atoms with E-state index in [1.165, 1.54) is 15.9 Å². The summed E-state index contributed by atoms with van der Waals surface area (Å²) in [6.45, 7) is 0.889. The molecule has 8 heteroatoms. The molecular formula is C10H15N5O3. The highest BCUT2D eigenvalue weighted by molar-refractivity contribution is 5.83. The molecule has 1 saturated heterocycles. The molecule has 0 aromatic carbocycles. The molecule has 1 amide bonds. The quantitative estimate of drug-likeness (QED) is 0.778.